The molecule has 1 atom stereocenters. The number of carbonyl (C=O) groups is 2. The summed E-state index contributed by atoms with van der Waals surface area (Å²) in [6.07, 6.45) is 0. The maximum atomic E-state index is 12.4. The van der Waals surface area contributed by atoms with Crippen molar-refractivity contribution in [3.05, 3.63) is 34.3 Å². The van der Waals surface area contributed by atoms with E-state index >= 15 is 0 Å². The molecular formula is C13H15ClN2O3. The van der Waals surface area contributed by atoms with Crippen LogP contribution in [-0.4, -0.2) is 47.6 Å². The van der Waals surface area contributed by atoms with Gasteiger partial charge in [0.15, 0.2) is 0 Å². The molecule has 1 unspecified atom stereocenters. The van der Waals surface area contributed by atoms with Crippen LogP contribution in [0.1, 0.15) is 15.9 Å². The Morgan fingerprint density at radius 2 is 2.21 bits per heavy atom. The van der Waals surface area contributed by atoms with Crippen LogP contribution in [0.15, 0.2) is 18.2 Å². The summed E-state index contributed by atoms with van der Waals surface area (Å²) in [5.74, 6) is -1.26. The molecule has 19 heavy (non-hydrogen) atoms. The summed E-state index contributed by atoms with van der Waals surface area (Å²) in [4.78, 5) is 24.9. The lowest BCUT2D eigenvalue weighted by atomic mass is 10.1. The lowest BCUT2D eigenvalue weighted by molar-refractivity contribution is -0.142. The van der Waals surface area contributed by atoms with Gasteiger partial charge in [0.25, 0.3) is 5.91 Å². The molecule has 1 amide bonds. The molecular weight excluding hydrogens is 268 g/mol. The Labute approximate surface area is 116 Å². The number of hydrogen-bond donors (Lipinski definition) is 2. The lowest BCUT2D eigenvalue weighted by Gasteiger charge is -2.33. The minimum Gasteiger partial charge on any atom is -0.480 e. The molecule has 0 spiro atoms. The number of hydrogen-bond acceptors (Lipinski definition) is 3. The van der Waals surface area contributed by atoms with Gasteiger partial charge in [0.2, 0.25) is 0 Å². The summed E-state index contributed by atoms with van der Waals surface area (Å²) < 4.78 is 0. The molecule has 2 N–H and O–H groups in total. The van der Waals surface area contributed by atoms with Gasteiger partial charge in [-0.25, -0.2) is 4.79 Å². The van der Waals surface area contributed by atoms with Crippen molar-refractivity contribution in [3.63, 3.8) is 0 Å². The van der Waals surface area contributed by atoms with Crippen LogP contribution in [-0.2, 0) is 4.79 Å². The minimum atomic E-state index is -0.994. The zero-order valence-corrected chi connectivity index (χ0v) is 11.3. The lowest BCUT2D eigenvalue weighted by Crippen LogP contribution is -2.56. The van der Waals surface area contributed by atoms with E-state index < -0.39 is 12.0 Å². The number of rotatable bonds is 2. The Morgan fingerprint density at radius 3 is 2.84 bits per heavy atom. The van der Waals surface area contributed by atoms with Crippen molar-refractivity contribution in [3.8, 4) is 0 Å². The fourth-order valence-electron chi connectivity index (χ4n) is 2.11. The first-order valence-electron chi connectivity index (χ1n) is 6.01. The Balaban J connectivity index is 2.26. The second-order valence-corrected chi connectivity index (χ2v) is 4.93. The molecule has 102 valence electrons. The number of carboxylic acids is 1. The van der Waals surface area contributed by atoms with E-state index in [-0.39, 0.29) is 12.5 Å². The minimum absolute atomic E-state index is 0.270. The maximum absolute atomic E-state index is 12.4. The summed E-state index contributed by atoms with van der Waals surface area (Å²) in [5.41, 5.74) is 1.27. The van der Waals surface area contributed by atoms with Gasteiger partial charge in [0.1, 0.15) is 6.04 Å². The molecule has 0 radical (unpaired) electrons. The average Bonchev–Trinajstić information content (AvgIpc) is 2.41. The normalized spacial score (nSPS) is 19.3. The number of nitrogens with zero attached hydrogens (tertiary/aromatic N) is 1. The van der Waals surface area contributed by atoms with Crippen LogP contribution in [0, 0.1) is 6.92 Å². The van der Waals surface area contributed by atoms with E-state index in [1.165, 1.54) is 4.90 Å². The highest BCUT2D eigenvalue weighted by atomic mass is 35.5. The van der Waals surface area contributed by atoms with Crippen LogP contribution in [0.2, 0.25) is 5.02 Å². The second kappa shape index (κ2) is 5.59. The molecule has 0 saturated carbocycles. The molecule has 1 aromatic carbocycles. The monoisotopic (exact) mass is 282 g/mol. The molecule has 1 heterocycles. The fourth-order valence-corrected chi connectivity index (χ4v) is 2.23. The maximum Gasteiger partial charge on any atom is 0.327 e. The standard InChI is InChI=1S/C13H15ClN2O3/c1-8-6-9(2-3-10(8)14)12(17)16-5-4-15-7-11(16)13(18)19/h2-3,6,11,15H,4-5,7H2,1H3,(H,18,19). The van der Waals surface area contributed by atoms with Crippen molar-refractivity contribution >= 4 is 23.5 Å². The van der Waals surface area contributed by atoms with Crippen molar-refractivity contribution in [2.45, 2.75) is 13.0 Å². The van der Waals surface area contributed by atoms with Crippen LogP contribution in [0.25, 0.3) is 0 Å². The van der Waals surface area contributed by atoms with E-state index in [4.69, 9.17) is 16.7 Å². The molecule has 5 nitrogen and oxygen atoms in total. The van der Waals surface area contributed by atoms with E-state index in [0.29, 0.717) is 23.7 Å². The summed E-state index contributed by atoms with van der Waals surface area (Å²) in [7, 11) is 0. The van der Waals surface area contributed by atoms with E-state index in [9.17, 15) is 9.59 Å². The van der Waals surface area contributed by atoms with Crippen LogP contribution in [0.3, 0.4) is 0 Å². The third-order valence-electron chi connectivity index (χ3n) is 3.19. The van der Waals surface area contributed by atoms with Crippen LogP contribution in [0.5, 0.6) is 0 Å². The van der Waals surface area contributed by atoms with Crippen molar-refractivity contribution in [2.75, 3.05) is 19.6 Å². The number of piperazine rings is 1. The number of nitrogens with one attached hydrogen (secondary N) is 1. The largest absolute Gasteiger partial charge is 0.480 e. The Hall–Kier alpha value is -1.59. The number of halogens is 1. The Kier molecular flexibility index (Phi) is 4.07. The number of benzene rings is 1. The third-order valence-corrected chi connectivity index (χ3v) is 3.62. The second-order valence-electron chi connectivity index (χ2n) is 4.52. The summed E-state index contributed by atoms with van der Waals surface area (Å²) in [5, 5.41) is 12.7. The van der Waals surface area contributed by atoms with Gasteiger partial charge in [-0.3, -0.25) is 4.79 Å². The van der Waals surface area contributed by atoms with Gasteiger partial charge in [0, 0.05) is 30.2 Å². The van der Waals surface area contributed by atoms with E-state index in [2.05, 4.69) is 5.32 Å². The first-order chi connectivity index (χ1) is 9.00. The molecule has 2 rings (SSSR count). The Bertz CT molecular complexity index is 519. The average molecular weight is 283 g/mol. The van der Waals surface area contributed by atoms with Crippen LogP contribution >= 0.6 is 11.6 Å². The van der Waals surface area contributed by atoms with Crippen LogP contribution in [0.4, 0.5) is 0 Å². The molecule has 0 aromatic heterocycles. The highest BCUT2D eigenvalue weighted by molar-refractivity contribution is 6.31. The van der Waals surface area contributed by atoms with Gasteiger partial charge in [0.05, 0.1) is 0 Å². The predicted octanol–water partition coefficient (Wildman–Crippen LogP) is 1.15. The van der Waals surface area contributed by atoms with E-state index in [0.717, 1.165) is 5.56 Å². The molecule has 1 aliphatic rings. The van der Waals surface area contributed by atoms with Gasteiger partial charge in [-0.1, -0.05) is 11.6 Å². The molecule has 6 heteroatoms. The third kappa shape index (κ3) is 2.88. The van der Waals surface area contributed by atoms with Crippen LogP contribution < -0.4 is 5.32 Å². The zero-order chi connectivity index (χ0) is 14.0. The first kappa shape index (κ1) is 13.8. The molecule has 1 aromatic rings. The highest BCUT2D eigenvalue weighted by Crippen LogP contribution is 2.18. The predicted molar refractivity (Wildman–Crippen MR) is 71.5 cm³/mol. The quantitative estimate of drug-likeness (QED) is 0.854. The molecule has 1 aliphatic heterocycles. The number of carboxylic acid groups (broad SMARTS) is 1. The van der Waals surface area contributed by atoms with Gasteiger partial charge < -0.3 is 15.3 Å². The summed E-state index contributed by atoms with van der Waals surface area (Å²) >= 11 is 5.92. The summed E-state index contributed by atoms with van der Waals surface area (Å²) in [6.45, 7) is 3.07. The van der Waals surface area contributed by atoms with E-state index in [1.54, 1.807) is 18.2 Å². The Morgan fingerprint density at radius 1 is 1.47 bits per heavy atom. The smallest absolute Gasteiger partial charge is 0.327 e. The van der Waals surface area contributed by atoms with E-state index in [1.807, 2.05) is 6.92 Å². The molecule has 0 aliphatic carbocycles. The van der Waals surface area contributed by atoms with Gasteiger partial charge >= 0.3 is 5.97 Å². The van der Waals surface area contributed by atoms with Crippen molar-refractivity contribution in [1.29, 1.82) is 0 Å². The van der Waals surface area contributed by atoms with Gasteiger partial charge in [-0.2, -0.15) is 0 Å². The number of amides is 1. The molecule has 0 bridgehead atoms. The number of carbonyl (C=O) groups excluding carboxylic acids is 1. The summed E-state index contributed by atoms with van der Waals surface area (Å²) in [6, 6.07) is 4.14. The topological polar surface area (TPSA) is 69.6 Å². The van der Waals surface area contributed by atoms with Crippen molar-refractivity contribution in [1.82, 2.24) is 10.2 Å². The first-order valence-corrected chi connectivity index (χ1v) is 6.39. The fraction of sp³-hybridized carbons (Fsp3) is 0.385. The SMILES string of the molecule is Cc1cc(C(=O)N2CCNCC2C(=O)O)ccc1Cl. The molecule has 1 saturated heterocycles. The zero-order valence-electron chi connectivity index (χ0n) is 10.5. The number of aliphatic carboxylic acids is 1. The van der Waals surface area contributed by atoms with Gasteiger partial charge in [-0.05, 0) is 30.7 Å². The molecule has 1 fully saturated rings. The number of aryl methyl sites for hydroxylation is 1. The van der Waals surface area contributed by atoms with Gasteiger partial charge in [-0.15, -0.1) is 0 Å². The van der Waals surface area contributed by atoms with Crippen molar-refractivity contribution < 1.29 is 14.7 Å². The highest BCUT2D eigenvalue weighted by Gasteiger charge is 2.32. The van der Waals surface area contributed by atoms with Crippen molar-refractivity contribution in [2.24, 2.45) is 0 Å².